The molecule has 4 rings (SSSR count). The zero-order chi connectivity index (χ0) is 23.9. The van der Waals surface area contributed by atoms with Crippen molar-refractivity contribution in [1.82, 2.24) is 4.90 Å². The van der Waals surface area contributed by atoms with Gasteiger partial charge in [-0.15, -0.1) is 0 Å². The van der Waals surface area contributed by atoms with E-state index in [1.807, 2.05) is 6.92 Å². The summed E-state index contributed by atoms with van der Waals surface area (Å²) in [4.78, 5) is 27.3. The first kappa shape index (κ1) is 23.2. The van der Waals surface area contributed by atoms with Gasteiger partial charge in [-0.05, 0) is 55.5 Å². The number of amides is 2. The monoisotopic (exact) mass is 544 g/mol. The molecule has 3 aromatic rings. The zero-order valence-electron chi connectivity index (χ0n) is 17.4. The number of nitrogens with zero attached hydrogens (tertiary/aromatic N) is 2. The van der Waals surface area contributed by atoms with Gasteiger partial charge in [0.15, 0.2) is 6.17 Å². The first-order valence-corrected chi connectivity index (χ1v) is 12.4. The molecular formula is C24H18BrClN2O4S. The van der Waals surface area contributed by atoms with E-state index >= 15 is 0 Å². The number of sulfonamides is 1. The van der Waals surface area contributed by atoms with Crippen LogP contribution in [-0.2, 0) is 10.0 Å². The summed E-state index contributed by atoms with van der Waals surface area (Å²) < 4.78 is 29.4. The van der Waals surface area contributed by atoms with Crippen LogP contribution in [0.3, 0.4) is 0 Å². The predicted octanol–water partition coefficient (Wildman–Crippen LogP) is 5.33. The predicted molar refractivity (Wildman–Crippen MR) is 131 cm³/mol. The van der Waals surface area contributed by atoms with Gasteiger partial charge in [-0.1, -0.05) is 63.9 Å². The van der Waals surface area contributed by atoms with E-state index in [2.05, 4.69) is 22.5 Å². The molecular weight excluding hydrogens is 528 g/mol. The standard InChI is InChI=1S/C24H18BrClN2O4S/c1-15-7-13-19(14-8-15)33(31,32)28(18-11-9-17(25)10-12-18)22(16(2)26)27-23(29)20-5-3-4-6-21(20)24(27)30/h3-14,22H,2H2,1H3. The maximum atomic E-state index is 13.9. The number of anilines is 1. The number of halogens is 2. The van der Waals surface area contributed by atoms with E-state index < -0.39 is 28.0 Å². The molecule has 0 fully saturated rings. The topological polar surface area (TPSA) is 74.8 Å². The summed E-state index contributed by atoms with van der Waals surface area (Å²) >= 11 is 9.67. The van der Waals surface area contributed by atoms with Crippen LogP contribution >= 0.6 is 27.5 Å². The Kier molecular flexibility index (Phi) is 6.18. The highest BCUT2D eigenvalue weighted by Crippen LogP contribution is 2.36. The van der Waals surface area contributed by atoms with Gasteiger partial charge in [0.1, 0.15) is 0 Å². The summed E-state index contributed by atoms with van der Waals surface area (Å²) in [6, 6.07) is 19.0. The molecule has 2 amide bonds. The Morgan fingerprint density at radius 2 is 1.45 bits per heavy atom. The smallest absolute Gasteiger partial charge is 0.266 e. The van der Waals surface area contributed by atoms with Gasteiger partial charge in [0.25, 0.3) is 21.8 Å². The molecule has 1 unspecified atom stereocenters. The number of hydrogen-bond acceptors (Lipinski definition) is 4. The van der Waals surface area contributed by atoms with Crippen LogP contribution in [0.15, 0.2) is 93.8 Å². The number of carbonyl (C=O) groups excluding carboxylic acids is 2. The van der Waals surface area contributed by atoms with E-state index in [1.165, 1.54) is 24.3 Å². The van der Waals surface area contributed by atoms with Crippen molar-refractivity contribution in [3.63, 3.8) is 0 Å². The lowest BCUT2D eigenvalue weighted by Gasteiger charge is -2.36. The lowest BCUT2D eigenvalue weighted by Crippen LogP contribution is -2.53. The van der Waals surface area contributed by atoms with Gasteiger partial charge >= 0.3 is 0 Å². The quantitative estimate of drug-likeness (QED) is 0.393. The first-order chi connectivity index (χ1) is 15.6. The number of hydrogen-bond donors (Lipinski definition) is 0. The summed E-state index contributed by atoms with van der Waals surface area (Å²) in [5.74, 6) is -1.30. The molecule has 0 saturated carbocycles. The molecule has 3 aromatic carbocycles. The molecule has 168 valence electrons. The van der Waals surface area contributed by atoms with Crippen LogP contribution in [0.1, 0.15) is 26.3 Å². The molecule has 0 N–H and O–H groups in total. The average molecular weight is 546 g/mol. The van der Waals surface area contributed by atoms with E-state index in [4.69, 9.17) is 11.6 Å². The highest BCUT2D eigenvalue weighted by Gasteiger charge is 2.46. The molecule has 9 heteroatoms. The second-order valence-electron chi connectivity index (χ2n) is 7.44. The third-order valence-electron chi connectivity index (χ3n) is 5.23. The van der Waals surface area contributed by atoms with Crippen molar-refractivity contribution in [3.05, 3.63) is 106 Å². The molecule has 1 atom stereocenters. The molecule has 0 bridgehead atoms. The highest BCUT2D eigenvalue weighted by atomic mass is 79.9. The highest BCUT2D eigenvalue weighted by molar-refractivity contribution is 9.10. The fraction of sp³-hybridized carbons (Fsp3) is 0.0833. The Balaban J connectivity index is 1.93. The molecule has 33 heavy (non-hydrogen) atoms. The maximum absolute atomic E-state index is 13.9. The Labute approximate surface area is 205 Å². The van der Waals surface area contributed by atoms with Crippen LogP contribution in [-0.4, -0.2) is 31.3 Å². The van der Waals surface area contributed by atoms with E-state index in [1.54, 1.807) is 48.5 Å². The molecule has 0 spiro atoms. The Morgan fingerprint density at radius 3 is 1.94 bits per heavy atom. The van der Waals surface area contributed by atoms with Gasteiger partial charge in [0.2, 0.25) is 0 Å². The van der Waals surface area contributed by atoms with Crippen molar-refractivity contribution in [3.8, 4) is 0 Å². The molecule has 0 radical (unpaired) electrons. The molecule has 0 saturated heterocycles. The molecule has 6 nitrogen and oxygen atoms in total. The van der Waals surface area contributed by atoms with Crippen molar-refractivity contribution < 1.29 is 18.0 Å². The Bertz CT molecular complexity index is 1340. The first-order valence-electron chi connectivity index (χ1n) is 9.81. The van der Waals surface area contributed by atoms with Crippen LogP contribution in [0.25, 0.3) is 0 Å². The zero-order valence-corrected chi connectivity index (χ0v) is 20.6. The fourth-order valence-corrected chi connectivity index (χ4v) is 5.73. The van der Waals surface area contributed by atoms with Crippen LogP contribution < -0.4 is 4.31 Å². The van der Waals surface area contributed by atoms with E-state index in [9.17, 15) is 18.0 Å². The maximum Gasteiger partial charge on any atom is 0.266 e. The number of benzene rings is 3. The van der Waals surface area contributed by atoms with Crippen molar-refractivity contribution in [1.29, 1.82) is 0 Å². The number of carbonyl (C=O) groups is 2. The molecule has 0 aromatic heterocycles. The van der Waals surface area contributed by atoms with Gasteiger partial charge in [0.05, 0.1) is 26.7 Å². The number of aryl methyl sites for hydroxylation is 1. The summed E-state index contributed by atoms with van der Waals surface area (Å²) in [6.07, 6.45) is -1.49. The van der Waals surface area contributed by atoms with Gasteiger partial charge in [-0.25, -0.2) is 17.6 Å². The number of fused-ring (bicyclic) bond motifs is 1. The normalized spacial score (nSPS) is 14.2. The molecule has 0 aliphatic carbocycles. The van der Waals surface area contributed by atoms with Crippen LogP contribution in [0.5, 0.6) is 0 Å². The second-order valence-corrected chi connectivity index (χ2v) is 10.7. The average Bonchev–Trinajstić information content (AvgIpc) is 3.03. The lowest BCUT2D eigenvalue weighted by molar-refractivity contribution is 0.0619. The third kappa shape index (κ3) is 4.10. The van der Waals surface area contributed by atoms with Crippen LogP contribution in [0.4, 0.5) is 5.69 Å². The SMILES string of the molecule is C=C(Cl)C(N1C(=O)c2ccccc2C1=O)N(c1ccc(Br)cc1)S(=O)(=O)c1ccc(C)cc1. The third-order valence-corrected chi connectivity index (χ3v) is 7.75. The van der Waals surface area contributed by atoms with Crippen molar-refractivity contribution in [2.45, 2.75) is 18.0 Å². The lowest BCUT2D eigenvalue weighted by atomic mass is 10.1. The van der Waals surface area contributed by atoms with E-state index in [-0.39, 0.29) is 26.7 Å². The fourth-order valence-electron chi connectivity index (χ4n) is 3.63. The number of imide groups is 1. The molecule has 1 heterocycles. The summed E-state index contributed by atoms with van der Waals surface area (Å²) in [6.45, 7) is 5.56. The van der Waals surface area contributed by atoms with Crippen molar-refractivity contribution in [2.24, 2.45) is 0 Å². The minimum atomic E-state index is -4.27. The van der Waals surface area contributed by atoms with E-state index in [0.29, 0.717) is 0 Å². The van der Waals surface area contributed by atoms with Crippen molar-refractivity contribution in [2.75, 3.05) is 4.31 Å². The second kappa shape index (κ2) is 8.78. The van der Waals surface area contributed by atoms with Gasteiger partial charge in [0, 0.05) is 4.47 Å². The minimum Gasteiger partial charge on any atom is -0.268 e. The van der Waals surface area contributed by atoms with Crippen molar-refractivity contribution >= 4 is 55.1 Å². The van der Waals surface area contributed by atoms with Gasteiger partial charge < -0.3 is 0 Å². The molecule has 1 aliphatic heterocycles. The van der Waals surface area contributed by atoms with Gasteiger partial charge in [-0.2, -0.15) is 0 Å². The van der Waals surface area contributed by atoms with Crippen LogP contribution in [0.2, 0.25) is 0 Å². The van der Waals surface area contributed by atoms with Crippen LogP contribution in [0, 0.1) is 6.92 Å². The van der Waals surface area contributed by atoms with E-state index in [0.717, 1.165) is 19.2 Å². The Hall–Kier alpha value is -2.94. The van der Waals surface area contributed by atoms with Gasteiger partial charge in [-0.3, -0.25) is 9.59 Å². The molecule has 1 aliphatic rings. The summed E-state index contributed by atoms with van der Waals surface area (Å²) in [5, 5.41) is -0.205. The number of rotatable bonds is 6. The summed E-state index contributed by atoms with van der Waals surface area (Å²) in [7, 11) is -4.27. The largest absolute Gasteiger partial charge is 0.268 e. The minimum absolute atomic E-state index is 0.0180. The Morgan fingerprint density at radius 1 is 0.939 bits per heavy atom. The summed E-state index contributed by atoms with van der Waals surface area (Å²) in [5.41, 5.74) is 1.44.